The first-order valence-electron chi connectivity index (χ1n) is 9.89. The van der Waals surface area contributed by atoms with Gasteiger partial charge in [-0.1, -0.05) is 30.3 Å². The summed E-state index contributed by atoms with van der Waals surface area (Å²) < 4.78 is 23.5. The zero-order valence-electron chi connectivity index (χ0n) is 16.2. The van der Waals surface area contributed by atoms with E-state index >= 15 is 0 Å². The molecule has 1 aromatic carbocycles. The lowest BCUT2D eigenvalue weighted by molar-refractivity contribution is -0.138. The maximum absolute atomic E-state index is 13.2. The highest BCUT2D eigenvalue weighted by molar-refractivity contribution is 7.91. The van der Waals surface area contributed by atoms with Crippen LogP contribution in [0.15, 0.2) is 30.3 Å². The first-order chi connectivity index (χ1) is 13.4. The van der Waals surface area contributed by atoms with Gasteiger partial charge >= 0.3 is 0 Å². The summed E-state index contributed by atoms with van der Waals surface area (Å²) in [5.74, 6) is 0.177. The summed E-state index contributed by atoms with van der Waals surface area (Å²) in [6.07, 6.45) is 0.935. The molecule has 3 aliphatic heterocycles. The van der Waals surface area contributed by atoms with Crippen LogP contribution >= 0.6 is 0 Å². The van der Waals surface area contributed by atoms with Crippen molar-refractivity contribution < 1.29 is 18.0 Å². The molecule has 3 heterocycles. The molecule has 1 aromatic rings. The third-order valence-electron chi connectivity index (χ3n) is 6.40. The topological polar surface area (TPSA) is 78.0 Å². The average Bonchev–Trinajstić information content (AvgIpc) is 3.21. The number of amides is 2. The maximum Gasteiger partial charge on any atom is 0.228 e. The molecule has 28 heavy (non-hydrogen) atoms. The first-order valence-corrected chi connectivity index (χ1v) is 11.7. The Bertz CT molecular complexity index is 849. The SMILES string of the molecule is CN1C(=O)C[C@H](C(=O)N2CCN([C@H]3CCS(=O)(=O)C3)CC2)[C@H]1c1ccccc1. The number of likely N-dealkylation sites (tertiary alicyclic amines) is 1. The van der Waals surface area contributed by atoms with Gasteiger partial charge in [-0.15, -0.1) is 0 Å². The molecule has 0 N–H and O–H groups in total. The lowest BCUT2D eigenvalue weighted by atomic mass is 9.92. The lowest BCUT2D eigenvalue weighted by Gasteiger charge is -2.39. The smallest absolute Gasteiger partial charge is 0.228 e. The van der Waals surface area contributed by atoms with E-state index in [4.69, 9.17) is 0 Å². The van der Waals surface area contributed by atoms with Crippen LogP contribution in [0.5, 0.6) is 0 Å². The fourth-order valence-electron chi connectivity index (χ4n) is 4.80. The van der Waals surface area contributed by atoms with E-state index in [9.17, 15) is 18.0 Å². The van der Waals surface area contributed by atoms with Crippen molar-refractivity contribution >= 4 is 21.7 Å². The summed E-state index contributed by atoms with van der Waals surface area (Å²) in [7, 11) is -1.13. The number of sulfone groups is 1. The standard InChI is InChI=1S/C20H27N3O4S/c1-21-18(24)13-17(19(21)15-5-3-2-4-6-15)20(25)23-10-8-22(9-11-23)16-7-12-28(26,27)14-16/h2-6,16-17,19H,7-14H2,1H3/t16-,17-,19+/m0/s1. The molecule has 0 unspecified atom stereocenters. The Morgan fingerprint density at radius 2 is 1.75 bits per heavy atom. The Balaban J connectivity index is 1.42. The second kappa shape index (κ2) is 7.48. The van der Waals surface area contributed by atoms with E-state index in [-0.39, 0.29) is 47.7 Å². The number of benzene rings is 1. The Morgan fingerprint density at radius 3 is 2.36 bits per heavy atom. The fourth-order valence-corrected chi connectivity index (χ4v) is 6.56. The maximum atomic E-state index is 13.2. The minimum Gasteiger partial charge on any atom is -0.340 e. The van der Waals surface area contributed by atoms with E-state index in [0.717, 1.165) is 5.56 Å². The van der Waals surface area contributed by atoms with Crippen molar-refractivity contribution in [3.05, 3.63) is 35.9 Å². The monoisotopic (exact) mass is 405 g/mol. The summed E-state index contributed by atoms with van der Waals surface area (Å²) in [6, 6.07) is 9.60. The van der Waals surface area contributed by atoms with Crippen LogP contribution in [0.2, 0.25) is 0 Å². The Kier molecular flexibility index (Phi) is 5.18. The minimum atomic E-state index is -2.90. The van der Waals surface area contributed by atoms with Crippen molar-refractivity contribution in [2.45, 2.75) is 24.9 Å². The van der Waals surface area contributed by atoms with Crippen LogP contribution in [0.25, 0.3) is 0 Å². The van der Waals surface area contributed by atoms with Crippen molar-refractivity contribution in [3.63, 3.8) is 0 Å². The Morgan fingerprint density at radius 1 is 1.07 bits per heavy atom. The van der Waals surface area contributed by atoms with Gasteiger partial charge in [0.15, 0.2) is 9.84 Å². The number of carbonyl (C=O) groups is 2. The molecule has 0 spiro atoms. The van der Waals surface area contributed by atoms with Gasteiger partial charge in [-0.2, -0.15) is 0 Å². The van der Waals surface area contributed by atoms with Gasteiger partial charge in [0.2, 0.25) is 11.8 Å². The Hall–Kier alpha value is -1.93. The molecule has 0 saturated carbocycles. The fraction of sp³-hybridized carbons (Fsp3) is 0.600. The summed E-state index contributed by atoms with van der Waals surface area (Å²) in [5, 5.41) is 0. The van der Waals surface area contributed by atoms with Crippen LogP contribution in [0, 0.1) is 5.92 Å². The number of hydrogen-bond donors (Lipinski definition) is 0. The summed E-state index contributed by atoms with van der Waals surface area (Å²) >= 11 is 0. The van der Waals surface area contributed by atoms with Gasteiger partial charge in [-0.25, -0.2) is 8.42 Å². The van der Waals surface area contributed by atoms with Gasteiger partial charge in [0.25, 0.3) is 0 Å². The molecule has 0 aliphatic carbocycles. The van der Waals surface area contributed by atoms with Crippen molar-refractivity contribution in [1.29, 1.82) is 0 Å². The van der Waals surface area contributed by atoms with Crippen molar-refractivity contribution in [1.82, 2.24) is 14.7 Å². The average molecular weight is 406 g/mol. The predicted octanol–water partition coefficient (Wildman–Crippen LogP) is 0.537. The zero-order chi connectivity index (χ0) is 19.9. The van der Waals surface area contributed by atoms with Crippen molar-refractivity contribution in [2.24, 2.45) is 5.92 Å². The molecule has 7 nitrogen and oxygen atoms in total. The second-order valence-electron chi connectivity index (χ2n) is 8.09. The van der Waals surface area contributed by atoms with Crippen LogP contribution < -0.4 is 0 Å². The molecule has 3 atom stereocenters. The minimum absolute atomic E-state index is 0.00185. The van der Waals surface area contributed by atoms with Crippen molar-refractivity contribution in [3.8, 4) is 0 Å². The Labute approximate surface area is 166 Å². The van der Waals surface area contributed by atoms with Crippen LogP contribution in [0.4, 0.5) is 0 Å². The van der Waals surface area contributed by atoms with Crippen molar-refractivity contribution in [2.75, 3.05) is 44.7 Å². The van der Waals surface area contributed by atoms with E-state index in [2.05, 4.69) is 4.90 Å². The zero-order valence-corrected chi connectivity index (χ0v) is 17.0. The molecular formula is C20H27N3O4S. The number of rotatable bonds is 3. The molecule has 2 amide bonds. The highest BCUT2D eigenvalue weighted by atomic mass is 32.2. The van der Waals surface area contributed by atoms with E-state index in [1.54, 1.807) is 11.9 Å². The van der Waals surface area contributed by atoms with Gasteiger partial charge in [0.05, 0.1) is 23.5 Å². The molecule has 0 bridgehead atoms. The molecule has 152 valence electrons. The van der Waals surface area contributed by atoms with Crippen LogP contribution in [-0.4, -0.2) is 85.7 Å². The molecule has 0 aromatic heterocycles. The van der Waals surface area contributed by atoms with Gasteiger partial charge in [-0.3, -0.25) is 14.5 Å². The third-order valence-corrected chi connectivity index (χ3v) is 8.15. The molecule has 3 aliphatic rings. The quantitative estimate of drug-likeness (QED) is 0.733. The van der Waals surface area contributed by atoms with Crippen LogP contribution in [0.1, 0.15) is 24.4 Å². The number of nitrogens with zero attached hydrogens (tertiary/aromatic N) is 3. The van der Waals surface area contributed by atoms with E-state index in [1.165, 1.54) is 0 Å². The van der Waals surface area contributed by atoms with E-state index in [1.807, 2.05) is 35.2 Å². The normalized spacial score (nSPS) is 30.8. The highest BCUT2D eigenvalue weighted by Gasteiger charge is 2.45. The first kappa shape index (κ1) is 19.4. The van der Waals surface area contributed by atoms with Crippen LogP contribution in [-0.2, 0) is 19.4 Å². The molecule has 0 radical (unpaired) electrons. The van der Waals surface area contributed by atoms with E-state index in [0.29, 0.717) is 32.6 Å². The lowest BCUT2D eigenvalue weighted by Crippen LogP contribution is -2.53. The van der Waals surface area contributed by atoms with Gasteiger partial charge < -0.3 is 9.80 Å². The third kappa shape index (κ3) is 3.67. The summed E-state index contributed by atoms with van der Waals surface area (Å²) in [4.78, 5) is 31.3. The number of hydrogen-bond acceptors (Lipinski definition) is 5. The van der Waals surface area contributed by atoms with Gasteiger partial charge in [0.1, 0.15) is 0 Å². The summed E-state index contributed by atoms with van der Waals surface area (Å²) in [6.45, 7) is 2.56. The summed E-state index contributed by atoms with van der Waals surface area (Å²) in [5.41, 5.74) is 0.990. The molecule has 4 rings (SSSR count). The number of carbonyl (C=O) groups excluding carboxylic acids is 2. The number of piperazine rings is 1. The molecule has 3 saturated heterocycles. The second-order valence-corrected chi connectivity index (χ2v) is 10.3. The van der Waals surface area contributed by atoms with E-state index < -0.39 is 9.84 Å². The van der Waals surface area contributed by atoms with Crippen LogP contribution in [0.3, 0.4) is 0 Å². The van der Waals surface area contributed by atoms with Gasteiger partial charge in [0, 0.05) is 45.7 Å². The molecule has 3 fully saturated rings. The predicted molar refractivity (Wildman–Crippen MR) is 105 cm³/mol. The molecule has 8 heteroatoms. The van der Waals surface area contributed by atoms with Gasteiger partial charge in [-0.05, 0) is 12.0 Å². The largest absolute Gasteiger partial charge is 0.340 e. The highest BCUT2D eigenvalue weighted by Crippen LogP contribution is 2.38. The molecular weight excluding hydrogens is 378 g/mol.